The predicted molar refractivity (Wildman–Crippen MR) is 82.9 cm³/mol. The number of carbonyl (C=O) groups excluding carboxylic acids is 1. The van der Waals surface area contributed by atoms with Crippen molar-refractivity contribution in [3.63, 3.8) is 0 Å². The van der Waals surface area contributed by atoms with Gasteiger partial charge < -0.3 is 10.4 Å². The average Bonchev–Trinajstić information content (AvgIpc) is 3.15. The second kappa shape index (κ2) is 5.16. The SMILES string of the molecule is O=C1C[C@H](c2ccc(O)cc2)c2cnn(C3CCCC3)c2N1. The molecule has 4 rings (SSSR count). The molecule has 1 amide bonds. The van der Waals surface area contributed by atoms with Crippen LogP contribution in [0.3, 0.4) is 0 Å². The maximum Gasteiger partial charge on any atom is 0.226 e. The minimum atomic E-state index is 0.0134. The van der Waals surface area contributed by atoms with E-state index in [0.717, 1.165) is 29.8 Å². The Bertz CT molecular complexity index is 699. The van der Waals surface area contributed by atoms with Crippen molar-refractivity contribution < 1.29 is 9.90 Å². The molecular formula is C17H19N3O2. The van der Waals surface area contributed by atoms with Gasteiger partial charge in [0.25, 0.3) is 0 Å². The van der Waals surface area contributed by atoms with Crippen molar-refractivity contribution in [1.82, 2.24) is 9.78 Å². The Balaban J connectivity index is 1.74. The summed E-state index contributed by atoms with van der Waals surface area (Å²) in [6.45, 7) is 0. The van der Waals surface area contributed by atoms with Gasteiger partial charge in [0.05, 0.1) is 12.2 Å². The van der Waals surface area contributed by atoms with E-state index in [1.165, 1.54) is 12.8 Å². The molecule has 0 radical (unpaired) electrons. The van der Waals surface area contributed by atoms with Gasteiger partial charge in [-0.15, -0.1) is 0 Å². The third-order valence-corrected chi connectivity index (χ3v) is 4.81. The Morgan fingerprint density at radius 2 is 1.91 bits per heavy atom. The topological polar surface area (TPSA) is 67.1 Å². The lowest BCUT2D eigenvalue weighted by molar-refractivity contribution is -0.116. The molecule has 2 aromatic rings. The summed E-state index contributed by atoms with van der Waals surface area (Å²) in [5, 5.41) is 17.0. The van der Waals surface area contributed by atoms with Gasteiger partial charge in [-0.1, -0.05) is 25.0 Å². The van der Waals surface area contributed by atoms with E-state index < -0.39 is 0 Å². The highest BCUT2D eigenvalue weighted by molar-refractivity contribution is 5.94. The van der Waals surface area contributed by atoms with E-state index in [4.69, 9.17) is 0 Å². The van der Waals surface area contributed by atoms with Gasteiger partial charge in [0, 0.05) is 17.9 Å². The molecule has 2 aliphatic rings. The molecule has 1 aliphatic heterocycles. The summed E-state index contributed by atoms with van der Waals surface area (Å²) in [5.74, 6) is 1.15. The largest absolute Gasteiger partial charge is 0.508 e. The lowest BCUT2D eigenvalue weighted by atomic mass is 9.87. The minimum Gasteiger partial charge on any atom is -0.508 e. The molecule has 1 fully saturated rings. The first-order valence-electron chi connectivity index (χ1n) is 7.88. The number of anilines is 1. The predicted octanol–water partition coefficient (Wildman–Crippen LogP) is 3.18. The molecule has 2 N–H and O–H groups in total. The smallest absolute Gasteiger partial charge is 0.226 e. The van der Waals surface area contributed by atoms with E-state index in [0.29, 0.717) is 12.5 Å². The Labute approximate surface area is 129 Å². The van der Waals surface area contributed by atoms with Crippen LogP contribution in [0.25, 0.3) is 0 Å². The fraction of sp³-hybridized carbons (Fsp3) is 0.412. The number of fused-ring (bicyclic) bond motifs is 1. The number of rotatable bonds is 2. The van der Waals surface area contributed by atoms with E-state index in [-0.39, 0.29) is 17.6 Å². The third-order valence-electron chi connectivity index (χ3n) is 4.81. The molecule has 5 nitrogen and oxygen atoms in total. The molecule has 1 aliphatic carbocycles. The highest BCUT2D eigenvalue weighted by Crippen LogP contribution is 2.40. The molecule has 1 saturated carbocycles. The molecule has 114 valence electrons. The lowest BCUT2D eigenvalue weighted by Crippen LogP contribution is -2.25. The fourth-order valence-corrected chi connectivity index (χ4v) is 3.67. The van der Waals surface area contributed by atoms with Crippen molar-refractivity contribution in [2.45, 2.75) is 44.1 Å². The maximum absolute atomic E-state index is 12.1. The highest BCUT2D eigenvalue weighted by Gasteiger charge is 2.32. The second-order valence-corrected chi connectivity index (χ2v) is 6.23. The summed E-state index contributed by atoms with van der Waals surface area (Å²) in [4.78, 5) is 12.1. The number of hydrogen-bond donors (Lipinski definition) is 2. The number of amides is 1. The molecule has 2 heterocycles. The number of nitrogens with one attached hydrogen (secondary N) is 1. The second-order valence-electron chi connectivity index (χ2n) is 6.23. The van der Waals surface area contributed by atoms with Crippen LogP contribution >= 0.6 is 0 Å². The van der Waals surface area contributed by atoms with Crippen molar-refractivity contribution in [3.8, 4) is 5.75 Å². The number of phenols is 1. The summed E-state index contributed by atoms with van der Waals surface area (Å²) in [6, 6.07) is 7.51. The number of carbonyl (C=O) groups is 1. The van der Waals surface area contributed by atoms with E-state index in [1.807, 2.05) is 23.0 Å². The lowest BCUT2D eigenvalue weighted by Gasteiger charge is -2.25. The Morgan fingerprint density at radius 1 is 1.18 bits per heavy atom. The van der Waals surface area contributed by atoms with Crippen LogP contribution < -0.4 is 5.32 Å². The van der Waals surface area contributed by atoms with Gasteiger partial charge in [-0.05, 0) is 30.5 Å². The van der Waals surface area contributed by atoms with Crippen molar-refractivity contribution in [1.29, 1.82) is 0 Å². The zero-order chi connectivity index (χ0) is 15.1. The number of phenolic OH excluding ortho intramolecular Hbond substituents is 1. The molecule has 0 unspecified atom stereocenters. The fourth-order valence-electron chi connectivity index (χ4n) is 3.67. The summed E-state index contributed by atoms with van der Waals surface area (Å²) >= 11 is 0. The first-order valence-corrected chi connectivity index (χ1v) is 7.88. The van der Waals surface area contributed by atoms with Gasteiger partial charge in [0.2, 0.25) is 5.91 Å². The van der Waals surface area contributed by atoms with Gasteiger partial charge in [-0.3, -0.25) is 4.79 Å². The van der Waals surface area contributed by atoms with Gasteiger partial charge in [-0.25, -0.2) is 4.68 Å². The zero-order valence-electron chi connectivity index (χ0n) is 12.3. The van der Waals surface area contributed by atoms with E-state index in [1.54, 1.807) is 12.1 Å². The number of aromatic hydroxyl groups is 1. The molecule has 0 spiro atoms. The normalized spacial score (nSPS) is 21.6. The number of aromatic nitrogens is 2. The standard InChI is InChI=1S/C17H19N3O2/c21-13-7-5-11(6-8-13)14-9-16(22)19-17-15(14)10-18-20(17)12-3-1-2-4-12/h5-8,10,12,14,21H,1-4,9H2,(H,19,22)/t14-/m1/s1. The zero-order valence-corrected chi connectivity index (χ0v) is 12.3. The molecule has 0 bridgehead atoms. The van der Waals surface area contributed by atoms with Crippen molar-refractivity contribution >= 4 is 11.7 Å². The van der Waals surface area contributed by atoms with Crippen LogP contribution in [0.4, 0.5) is 5.82 Å². The van der Waals surface area contributed by atoms with Crippen LogP contribution in [0.1, 0.15) is 55.2 Å². The van der Waals surface area contributed by atoms with Gasteiger partial charge in [-0.2, -0.15) is 5.10 Å². The highest BCUT2D eigenvalue weighted by atomic mass is 16.3. The monoisotopic (exact) mass is 297 g/mol. The number of benzene rings is 1. The Morgan fingerprint density at radius 3 is 2.64 bits per heavy atom. The van der Waals surface area contributed by atoms with E-state index in [2.05, 4.69) is 10.4 Å². The summed E-state index contributed by atoms with van der Waals surface area (Å²) in [5.41, 5.74) is 2.12. The molecular weight excluding hydrogens is 278 g/mol. The first kappa shape index (κ1) is 13.4. The number of hydrogen-bond acceptors (Lipinski definition) is 3. The van der Waals surface area contributed by atoms with Gasteiger partial charge in [0.1, 0.15) is 11.6 Å². The summed E-state index contributed by atoms with van der Waals surface area (Å²) < 4.78 is 2.01. The van der Waals surface area contributed by atoms with Crippen LogP contribution in [-0.2, 0) is 4.79 Å². The molecule has 22 heavy (non-hydrogen) atoms. The summed E-state index contributed by atoms with van der Waals surface area (Å²) in [6.07, 6.45) is 7.05. The Hall–Kier alpha value is -2.30. The quantitative estimate of drug-likeness (QED) is 0.894. The number of nitrogens with zero attached hydrogens (tertiary/aromatic N) is 2. The van der Waals surface area contributed by atoms with Crippen LogP contribution in [0.15, 0.2) is 30.5 Å². The van der Waals surface area contributed by atoms with Gasteiger partial charge in [0.15, 0.2) is 0 Å². The average molecular weight is 297 g/mol. The van der Waals surface area contributed by atoms with E-state index >= 15 is 0 Å². The van der Waals surface area contributed by atoms with Crippen LogP contribution in [0.2, 0.25) is 0 Å². The molecule has 1 aromatic heterocycles. The molecule has 0 saturated heterocycles. The molecule has 5 heteroatoms. The molecule has 1 aromatic carbocycles. The maximum atomic E-state index is 12.1. The minimum absolute atomic E-state index is 0.0134. The van der Waals surface area contributed by atoms with Crippen LogP contribution in [0, 0.1) is 0 Å². The van der Waals surface area contributed by atoms with Crippen molar-refractivity contribution in [3.05, 3.63) is 41.6 Å². The molecule has 1 atom stereocenters. The van der Waals surface area contributed by atoms with Crippen molar-refractivity contribution in [2.24, 2.45) is 0 Å². The Kier molecular flexibility index (Phi) is 3.13. The first-order chi connectivity index (χ1) is 10.7. The van der Waals surface area contributed by atoms with Crippen molar-refractivity contribution in [2.75, 3.05) is 5.32 Å². The van der Waals surface area contributed by atoms with E-state index in [9.17, 15) is 9.90 Å². The van der Waals surface area contributed by atoms with Crippen LogP contribution in [-0.4, -0.2) is 20.8 Å². The van der Waals surface area contributed by atoms with Gasteiger partial charge >= 0.3 is 0 Å². The third kappa shape index (κ3) is 2.17. The van der Waals surface area contributed by atoms with Crippen LogP contribution in [0.5, 0.6) is 5.75 Å². The summed E-state index contributed by atoms with van der Waals surface area (Å²) in [7, 11) is 0.